The normalized spacial score (nSPS) is 10.4. The van der Waals surface area contributed by atoms with E-state index in [1.165, 1.54) is 4.90 Å². The highest BCUT2D eigenvalue weighted by Crippen LogP contribution is 2.20. The minimum Gasteiger partial charge on any atom is -0.497 e. The van der Waals surface area contributed by atoms with Crippen LogP contribution < -0.4 is 4.74 Å². The maximum absolute atomic E-state index is 12.7. The van der Waals surface area contributed by atoms with E-state index in [-0.39, 0.29) is 12.5 Å². The van der Waals surface area contributed by atoms with Gasteiger partial charge < -0.3 is 14.2 Å². The van der Waals surface area contributed by atoms with Crippen molar-refractivity contribution >= 4 is 16.9 Å². The third-order valence-corrected chi connectivity index (χ3v) is 4.02. The molecule has 0 aliphatic carbocycles. The Kier molecular flexibility index (Phi) is 4.71. The molecule has 5 heteroatoms. The zero-order chi connectivity index (χ0) is 17.8. The number of para-hydroxylation sites is 2. The second-order valence-electron chi connectivity index (χ2n) is 5.72. The lowest BCUT2D eigenvalue weighted by Crippen LogP contribution is -2.29. The summed E-state index contributed by atoms with van der Waals surface area (Å²) < 4.78 is 7.12. The molecule has 0 atom stereocenters. The molecular formula is C20H19N3O2. The number of benzene rings is 2. The fourth-order valence-corrected chi connectivity index (χ4v) is 2.69. The van der Waals surface area contributed by atoms with Crippen LogP contribution in [0, 0.1) is 12.3 Å². The molecule has 0 N–H and O–H groups in total. The highest BCUT2D eigenvalue weighted by Gasteiger charge is 2.20. The van der Waals surface area contributed by atoms with E-state index in [1.807, 2.05) is 53.1 Å². The molecule has 1 heterocycles. The van der Waals surface area contributed by atoms with Crippen LogP contribution in [0.1, 0.15) is 16.2 Å². The van der Waals surface area contributed by atoms with Crippen molar-refractivity contribution < 1.29 is 9.53 Å². The van der Waals surface area contributed by atoms with Crippen LogP contribution in [0.3, 0.4) is 0 Å². The maximum Gasteiger partial charge on any atom is 0.290 e. The van der Waals surface area contributed by atoms with Gasteiger partial charge in [0.1, 0.15) is 5.75 Å². The molecule has 2 aromatic carbocycles. The minimum atomic E-state index is -0.192. The molecule has 25 heavy (non-hydrogen) atoms. The summed E-state index contributed by atoms with van der Waals surface area (Å²) in [4.78, 5) is 18.8. The number of terminal acetylenes is 1. The molecule has 0 unspecified atom stereocenters. The van der Waals surface area contributed by atoms with Crippen LogP contribution in [-0.4, -0.2) is 41.1 Å². The molecule has 0 spiro atoms. The number of hydrogen-bond donors (Lipinski definition) is 0. The molecule has 1 aromatic heterocycles. The first-order valence-corrected chi connectivity index (χ1v) is 7.91. The monoisotopic (exact) mass is 333 g/mol. The summed E-state index contributed by atoms with van der Waals surface area (Å²) >= 11 is 0. The number of aromatic nitrogens is 2. The Balaban J connectivity index is 2.03. The highest BCUT2D eigenvalue weighted by molar-refractivity contribution is 5.95. The van der Waals surface area contributed by atoms with E-state index in [4.69, 9.17) is 11.2 Å². The Hall–Kier alpha value is -3.26. The Morgan fingerprint density at radius 3 is 2.64 bits per heavy atom. The SMILES string of the molecule is C#CCN(C)C(=O)c1nc2ccccc2n1Cc1ccc(OC)cc1. The van der Waals surface area contributed by atoms with Crippen molar-refractivity contribution in [2.75, 3.05) is 20.7 Å². The lowest BCUT2D eigenvalue weighted by molar-refractivity contribution is 0.0797. The molecule has 0 saturated carbocycles. The quantitative estimate of drug-likeness (QED) is 0.675. The van der Waals surface area contributed by atoms with Crippen molar-refractivity contribution in [3.05, 3.63) is 59.9 Å². The molecule has 1 amide bonds. The first-order valence-electron chi connectivity index (χ1n) is 7.91. The number of nitrogens with zero attached hydrogens (tertiary/aromatic N) is 3. The van der Waals surface area contributed by atoms with Gasteiger partial charge in [0.2, 0.25) is 5.82 Å². The van der Waals surface area contributed by atoms with E-state index < -0.39 is 0 Å². The van der Waals surface area contributed by atoms with E-state index in [0.29, 0.717) is 12.4 Å². The Morgan fingerprint density at radius 2 is 1.96 bits per heavy atom. The number of rotatable bonds is 5. The van der Waals surface area contributed by atoms with Gasteiger partial charge in [-0.1, -0.05) is 30.2 Å². The summed E-state index contributed by atoms with van der Waals surface area (Å²) in [5, 5.41) is 0. The largest absolute Gasteiger partial charge is 0.497 e. The number of hydrogen-bond acceptors (Lipinski definition) is 3. The van der Waals surface area contributed by atoms with E-state index in [2.05, 4.69) is 10.9 Å². The number of fused-ring (bicyclic) bond motifs is 1. The minimum absolute atomic E-state index is 0.192. The lowest BCUT2D eigenvalue weighted by atomic mass is 10.2. The van der Waals surface area contributed by atoms with Gasteiger partial charge in [-0.2, -0.15) is 0 Å². The van der Waals surface area contributed by atoms with Gasteiger partial charge in [0.05, 0.1) is 24.7 Å². The van der Waals surface area contributed by atoms with Gasteiger partial charge in [-0.05, 0) is 29.8 Å². The van der Waals surface area contributed by atoms with Gasteiger partial charge in [-0.25, -0.2) is 4.98 Å². The molecular weight excluding hydrogens is 314 g/mol. The van der Waals surface area contributed by atoms with Gasteiger partial charge in [-0.3, -0.25) is 4.79 Å². The predicted octanol–water partition coefficient (Wildman–Crippen LogP) is 2.80. The lowest BCUT2D eigenvalue weighted by Gasteiger charge is -2.15. The molecule has 0 aliphatic heterocycles. The van der Waals surface area contributed by atoms with Gasteiger partial charge >= 0.3 is 0 Å². The number of amides is 1. The smallest absolute Gasteiger partial charge is 0.290 e. The molecule has 3 aromatic rings. The molecule has 3 rings (SSSR count). The second-order valence-corrected chi connectivity index (χ2v) is 5.72. The summed E-state index contributed by atoms with van der Waals surface area (Å²) in [6.45, 7) is 0.778. The highest BCUT2D eigenvalue weighted by atomic mass is 16.5. The van der Waals surface area contributed by atoms with Crippen LogP contribution in [0.15, 0.2) is 48.5 Å². The number of carbonyl (C=O) groups is 1. The zero-order valence-electron chi connectivity index (χ0n) is 14.3. The Labute approximate surface area is 146 Å². The van der Waals surface area contributed by atoms with Crippen LogP contribution in [0.4, 0.5) is 0 Å². The van der Waals surface area contributed by atoms with Crippen LogP contribution in [-0.2, 0) is 6.54 Å². The number of ether oxygens (including phenoxy) is 1. The molecule has 126 valence electrons. The summed E-state index contributed by atoms with van der Waals surface area (Å²) in [6, 6.07) is 15.5. The summed E-state index contributed by atoms with van der Waals surface area (Å²) in [5.74, 6) is 3.48. The molecule has 0 saturated heterocycles. The number of methoxy groups -OCH3 is 1. The van der Waals surface area contributed by atoms with Crippen molar-refractivity contribution in [3.63, 3.8) is 0 Å². The molecule has 0 bridgehead atoms. The summed E-state index contributed by atoms with van der Waals surface area (Å²) in [5.41, 5.74) is 2.75. The van der Waals surface area contributed by atoms with Gasteiger partial charge in [0, 0.05) is 13.6 Å². The van der Waals surface area contributed by atoms with Gasteiger partial charge in [-0.15, -0.1) is 6.42 Å². The average Bonchev–Trinajstić information content (AvgIpc) is 3.00. The van der Waals surface area contributed by atoms with Crippen LogP contribution in [0.5, 0.6) is 5.75 Å². The zero-order valence-corrected chi connectivity index (χ0v) is 14.3. The first-order chi connectivity index (χ1) is 12.1. The maximum atomic E-state index is 12.7. The van der Waals surface area contributed by atoms with Gasteiger partial charge in [0.25, 0.3) is 5.91 Å². The number of carbonyl (C=O) groups excluding carboxylic acids is 1. The average molecular weight is 333 g/mol. The second kappa shape index (κ2) is 7.10. The number of imidazole rings is 1. The van der Waals surface area contributed by atoms with Crippen LogP contribution in [0.2, 0.25) is 0 Å². The Bertz CT molecular complexity index is 936. The van der Waals surface area contributed by atoms with E-state index in [1.54, 1.807) is 14.2 Å². The van der Waals surface area contributed by atoms with Gasteiger partial charge in [0.15, 0.2) is 0 Å². The topological polar surface area (TPSA) is 47.4 Å². The van der Waals surface area contributed by atoms with Crippen LogP contribution >= 0.6 is 0 Å². The molecule has 0 aliphatic rings. The molecule has 0 radical (unpaired) electrons. The fraction of sp³-hybridized carbons (Fsp3) is 0.200. The Morgan fingerprint density at radius 1 is 1.24 bits per heavy atom. The van der Waals surface area contributed by atoms with Crippen LogP contribution in [0.25, 0.3) is 11.0 Å². The standard InChI is InChI=1S/C20H19N3O2/c1-4-13-22(2)20(24)19-21-17-7-5-6-8-18(17)23(19)14-15-9-11-16(25-3)12-10-15/h1,5-12H,13-14H2,2-3H3. The third-order valence-electron chi connectivity index (χ3n) is 4.02. The third kappa shape index (κ3) is 3.33. The van der Waals surface area contributed by atoms with Crippen molar-refractivity contribution in [2.45, 2.75) is 6.54 Å². The van der Waals surface area contributed by atoms with E-state index in [0.717, 1.165) is 22.3 Å². The van der Waals surface area contributed by atoms with E-state index >= 15 is 0 Å². The van der Waals surface area contributed by atoms with E-state index in [9.17, 15) is 4.79 Å². The predicted molar refractivity (Wildman–Crippen MR) is 97.6 cm³/mol. The summed E-state index contributed by atoms with van der Waals surface area (Å²) in [6.07, 6.45) is 5.33. The molecule has 0 fully saturated rings. The fourth-order valence-electron chi connectivity index (χ4n) is 2.69. The van der Waals surface area contributed by atoms with Crippen molar-refractivity contribution in [1.82, 2.24) is 14.5 Å². The first kappa shape index (κ1) is 16.6. The van der Waals surface area contributed by atoms with Crippen molar-refractivity contribution in [1.29, 1.82) is 0 Å². The van der Waals surface area contributed by atoms with Crippen molar-refractivity contribution in [2.24, 2.45) is 0 Å². The summed E-state index contributed by atoms with van der Waals surface area (Å²) in [7, 11) is 3.32. The molecule has 5 nitrogen and oxygen atoms in total. The van der Waals surface area contributed by atoms with Crippen molar-refractivity contribution in [3.8, 4) is 18.1 Å².